The molecular weight excluding hydrogens is 290 g/mol. The first-order valence-electron chi connectivity index (χ1n) is 7.81. The van der Waals surface area contributed by atoms with Crippen molar-refractivity contribution in [3.8, 4) is 0 Å². The maximum atomic E-state index is 12.7. The monoisotopic (exact) mass is 311 g/mol. The van der Waals surface area contributed by atoms with E-state index in [9.17, 15) is 4.79 Å². The third-order valence-corrected chi connectivity index (χ3v) is 4.31. The second-order valence-corrected chi connectivity index (χ2v) is 6.01. The van der Waals surface area contributed by atoms with Crippen LogP contribution < -0.4 is 0 Å². The Hall–Kier alpha value is -2.27. The molecule has 0 aromatic carbocycles. The number of methoxy groups -OCH3 is 1. The van der Waals surface area contributed by atoms with Crippen LogP contribution in [0.3, 0.4) is 0 Å². The van der Waals surface area contributed by atoms with Gasteiger partial charge in [-0.15, -0.1) is 0 Å². The van der Waals surface area contributed by atoms with Gasteiger partial charge in [-0.05, 0) is 30.7 Å². The SMILES string of the molecule is COC[C@@H]1CN(C(=O)c2ccc(C)cn2)C[C@H]1c1ccccn1. The third-order valence-electron chi connectivity index (χ3n) is 4.31. The zero-order valence-electron chi connectivity index (χ0n) is 13.5. The molecule has 120 valence electrons. The largest absolute Gasteiger partial charge is 0.384 e. The molecule has 0 bridgehead atoms. The predicted octanol–water partition coefficient (Wildman–Crippen LogP) is 2.29. The molecule has 0 unspecified atom stereocenters. The van der Waals surface area contributed by atoms with Crippen LogP contribution in [0.1, 0.15) is 27.7 Å². The maximum Gasteiger partial charge on any atom is 0.272 e. The lowest BCUT2D eigenvalue weighted by Crippen LogP contribution is -2.30. The highest BCUT2D eigenvalue weighted by molar-refractivity contribution is 5.92. The minimum Gasteiger partial charge on any atom is -0.384 e. The van der Waals surface area contributed by atoms with Gasteiger partial charge in [0.25, 0.3) is 5.91 Å². The number of aromatic nitrogens is 2. The van der Waals surface area contributed by atoms with Gasteiger partial charge in [-0.2, -0.15) is 0 Å². The van der Waals surface area contributed by atoms with Crippen molar-refractivity contribution >= 4 is 5.91 Å². The zero-order chi connectivity index (χ0) is 16.2. The molecule has 1 saturated heterocycles. The van der Waals surface area contributed by atoms with Gasteiger partial charge in [0, 0.05) is 50.1 Å². The summed E-state index contributed by atoms with van der Waals surface area (Å²) in [6.07, 6.45) is 3.53. The van der Waals surface area contributed by atoms with E-state index in [2.05, 4.69) is 9.97 Å². The van der Waals surface area contributed by atoms with E-state index >= 15 is 0 Å². The molecule has 0 spiro atoms. The molecule has 3 rings (SSSR count). The van der Waals surface area contributed by atoms with Crippen LogP contribution in [0.25, 0.3) is 0 Å². The van der Waals surface area contributed by atoms with E-state index in [1.54, 1.807) is 25.6 Å². The van der Waals surface area contributed by atoms with Gasteiger partial charge in [0.05, 0.1) is 6.61 Å². The number of amides is 1. The molecule has 23 heavy (non-hydrogen) atoms. The summed E-state index contributed by atoms with van der Waals surface area (Å²) in [5.41, 5.74) is 2.56. The topological polar surface area (TPSA) is 55.3 Å². The van der Waals surface area contributed by atoms with Gasteiger partial charge in [0.2, 0.25) is 0 Å². The van der Waals surface area contributed by atoms with Crippen molar-refractivity contribution in [1.82, 2.24) is 14.9 Å². The summed E-state index contributed by atoms with van der Waals surface area (Å²) in [4.78, 5) is 23.3. The standard InChI is InChI=1S/C18H21N3O2/c1-13-6-7-17(20-9-13)18(22)21-10-14(12-23-2)15(11-21)16-5-3-4-8-19-16/h3-9,14-15H,10-12H2,1-2H3/t14-,15+/m0/s1. The Bertz CT molecular complexity index is 658. The van der Waals surface area contributed by atoms with Crippen LogP contribution in [0.5, 0.6) is 0 Å². The molecule has 0 radical (unpaired) electrons. The molecule has 2 aromatic rings. The molecule has 1 amide bonds. The van der Waals surface area contributed by atoms with Crippen LogP contribution in [0.15, 0.2) is 42.7 Å². The van der Waals surface area contributed by atoms with Crippen LogP contribution in [-0.4, -0.2) is 47.6 Å². The summed E-state index contributed by atoms with van der Waals surface area (Å²) in [6.45, 7) is 3.90. The first-order valence-corrected chi connectivity index (χ1v) is 7.81. The summed E-state index contributed by atoms with van der Waals surface area (Å²) in [7, 11) is 1.70. The van der Waals surface area contributed by atoms with E-state index in [1.165, 1.54) is 0 Å². The van der Waals surface area contributed by atoms with E-state index in [4.69, 9.17) is 4.74 Å². The molecule has 0 N–H and O–H groups in total. The number of pyridine rings is 2. The number of likely N-dealkylation sites (tertiary alicyclic amines) is 1. The van der Waals surface area contributed by atoms with Crippen LogP contribution >= 0.6 is 0 Å². The number of ether oxygens (including phenoxy) is 1. The number of nitrogens with zero attached hydrogens (tertiary/aromatic N) is 3. The highest BCUT2D eigenvalue weighted by Crippen LogP contribution is 2.32. The van der Waals surface area contributed by atoms with Gasteiger partial charge < -0.3 is 9.64 Å². The van der Waals surface area contributed by atoms with E-state index in [-0.39, 0.29) is 17.7 Å². The molecular formula is C18H21N3O2. The highest BCUT2D eigenvalue weighted by atomic mass is 16.5. The Morgan fingerprint density at radius 2 is 2.13 bits per heavy atom. The molecule has 2 atom stereocenters. The number of carbonyl (C=O) groups is 1. The minimum atomic E-state index is -0.0236. The molecule has 0 aliphatic carbocycles. The van der Waals surface area contributed by atoms with Gasteiger partial charge in [-0.1, -0.05) is 12.1 Å². The van der Waals surface area contributed by atoms with Crippen molar-refractivity contribution < 1.29 is 9.53 Å². The quantitative estimate of drug-likeness (QED) is 0.869. The molecule has 5 heteroatoms. The lowest BCUT2D eigenvalue weighted by atomic mass is 9.93. The number of hydrogen-bond acceptors (Lipinski definition) is 4. The fourth-order valence-electron chi connectivity index (χ4n) is 3.11. The predicted molar refractivity (Wildman–Crippen MR) is 87.2 cm³/mol. The number of rotatable bonds is 4. The van der Waals surface area contributed by atoms with E-state index in [0.717, 1.165) is 11.3 Å². The number of hydrogen-bond donors (Lipinski definition) is 0. The van der Waals surface area contributed by atoms with Gasteiger partial charge in [-0.3, -0.25) is 14.8 Å². The molecule has 3 heterocycles. The average Bonchev–Trinajstić information content (AvgIpc) is 3.00. The van der Waals surface area contributed by atoms with Crippen LogP contribution in [0.2, 0.25) is 0 Å². The minimum absolute atomic E-state index is 0.0236. The summed E-state index contributed by atoms with van der Waals surface area (Å²) >= 11 is 0. The summed E-state index contributed by atoms with van der Waals surface area (Å²) < 4.78 is 5.35. The smallest absolute Gasteiger partial charge is 0.272 e. The van der Waals surface area contributed by atoms with E-state index in [0.29, 0.717) is 25.4 Å². The Kier molecular flexibility index (Phi) is 4.67. The molecule has 2 aromatic heterocycles. The van der Waals surface area contributed by atoms with Crippen molar-refractivity contribution in [3.05, 3.63) is 59.7 Å². The Labute approximate surface area is 136 Å². The van der Waals surface area contributed by atoms with Crippen molar-refractivity contribution in [2.45, 2.75) is 12.8 Å². The zero-order valence-corrected chi connectivity index (χ0v) is 13.5. The molecule has 0 saturated carbocycles. The molecule has 1 fully saturated rings. The van der Waals surface area contributed by atoms with Crippen LogP contribution in [-0.2, 0) is 4.74 Å². The summed E-state index contributed by atoms with van der Waals surface area (Å²) in [6, 6.07) is 9.61. The molecule has 1 aliphatic heterocycles. The van der Waals surface area contributed by atoms with Crippen LogP contribution in [0, 0.1) is 12.8 Å². The third kappa shape index (κ3) is 3.40. The van der Waals surface area contributed by atoms with Crippen LogP contribution in [0.4, 0.5) is 0 Å². The van der Waals surface area contributed by atoms with E-state index < -0.39 is 0 Å². The molecule has 5 nitrogen and oxygen atoms in total. The van der Waals surface area contributed by atoms with Crippen molar-refractivity contribution in [3.63, 3.8) is 0 Å². The van der Waals surface area contributed by atoms with Crippen molar-refractivity contribution in [1.29, 1.82) is 0 Å². The lowest BCUT2D eigenvalue weighted by molar-refractivity contribution is 0.0769. The number of carbonyl (C=O) groups excluding carboxylic acids is 1. The maximum absolute atomic E-state index is 12.7. The van der Waals surface area contributed by atoms with Gasteiger partial charge in [-0.25, -0.2) is 0 Å². The normalized spacial score (nSPS) is 20.7. The summed E-state index contributed by atoms with van der Waals surface area (Å²) in [5, 5.41) is 0. The fraction of sp³-hybridized carbons (Fsp3) is 0.389. The fourth-order valence-corrected chi connectivity index (χ4v) is 3.11. The first-order chi connectivity index (χ1) is 11.2. The Morgan fingerprint density at radius 1 is 1.26 bits per heavy atom. The summed E-state index contributed by atoms with van der Waals surface area (Å²) in [5.74, 6) is 0.430. The first kappa shape index (κ1) is 15.6. The molecule has 1 aliphatic rings. The second kappa shape index (κ2) is 6.87. The van der Waals surface area contributed by atoms with Gasteiger partial charge >= 0.3 is 0 Å². The van der Waals surface area contributed by atoms with Crippen molar-refractivity contribution in [2.75, 3.05) is 26.8 Å². The highest BCUT2D eigenvalue weighted by Gasteiger charge is 2.37. The number of aryl methyl sites for hydroxylation is 1. The van der Waals surface area contributed by atoms with Gasteiger partial charge in [0.15, 0.2) is 0 Å². The lowest BCUT2D eigenvalue weighted by Gasteiger charge is -2.16. The van der Waals surface area contributed by atoms with Gasteiger partial charge in [0.1, 0.15) is 5.69 Å². The Morgan fingerprint density at radius 3 is 2.78 bits per heavy atom. The second-order valence-electron chi connectivity index (χ2n) is 6.01. The Balaban J connectivity index is 1.79. The van der Waals surface area contributed by atoms with E-state index in [1.807, 2.05) is 36.1 Å². The average molecular weight is 311 g/mol. The van der Waals surface area contributed by atoms with Crippen molar-refractivity contribution in [2.24, 2.45) is 5.92 Å².